The molecule has 5 N–H and O–H groups in total. The van der Waals surface area contributed by atoms with Crippen molar-refractivity contribution in [2.75, 3.05) is 36.5 Å². The summed E-state index contributed by atoms with van der Waals surface area (Å²) in [5.41, 5.74) is 15.9. The van der Waals surface area contributed by atoms with E-state index >= 15 is 0 Å². The minimum atomic E-state index is -0.623. The predicted octanol–water partition coefficient (Wildman–Crippen LogP) is 3.03. The number of carbonyl (C=O) groups is 1. The van der Waals surface area contributed by atoms with E-state index in [1.165, 1.54) is 22.2 Å². The van der Waals surface area contributed by atoms with Crippen LogP contribution in [0.5, 0.6) is 0 Å². The zero-order valence-corrected chi connectivity index (χ0v) is 25.0. The van der Waals surface area contributed by atoms with E-state index in [0.717, 1.165) is 70.0 Å². The van der Waals surface area contributed by atoms with Gasteiger partial charge in [0.05, 0.1) is 39.0 Å². The third-order valence-corrected chi connectivity index (χ3v) is 10.4. The highest BCUT2D eigenvalue weighted by Crippen LogP contribution is 2.38. The molecule has 1 aliphatic carbocycles. The Bertz CT molecular complexity index is 1860. The molecule has 6 heterocycles. The van der Waals surface area contributed by atoms with Gasteiger partial charge >= 0.3 is 0 Å². The normalized spacial score (nSPS) is 19.2. The molecule has 5 aromatic rings. The number of fused-ring (bicyclic) bond motifs is 2. The van der Waals surface area contributed by atoms with Crippen molar-refractivity contribution in [1.29, 1.82) is 0 Å². The number of morpholine rings is 1. The molecule has 5 aromatic heterocycles. The van der Waals surface area contributed by atoms with Crippen molar-refractivity contribution in [2.24, 2.45) is 11.5 Å². The number of amides is 1. The van der Waals surface area contributed by atoms with Gasteiger partial charge in [0.25, 0.3) is 5.91 Å². The molecule has 14 heteroatoms. The van der Waals surface area contributed by atoms with E-state index in [4.69, 9.17) is 26.2 Å². The first kappa shape index (κ1) is 27.8. The van der Waals surface area contributed by atoms with E-state index < -0.39 is 5.91 Å². The number of nitrogens with two attached hydrogens (primary N) is 2. The molecule has 1 aliphatic heterocycles. The number of aromatic nitrogens is 5. The highest BCUT2D eigenvalue weighted by Gasteiger charge is 2.26. The summed E-state index contributed by atoms with van der Waals surface area (Å²) in [5.74, 6) is -0.142. The van der Waals surface area contributed by atoms with E-state index in [0.29, 0.717) is 36.9 Å². The standard InChI is InChI=1S/C29H31N9O3S2/c30-18-3-1-2-4-20(18)35-29-36-21(24(27(31)40)28-33-15-34-38(28)29)11-16-5-6-19(32-13-16)17-14-42-26-22(39)12-23(43-25(17)26)37-7-9-41-10-8-37/h5-6,12-15,18,20H,1-4,7-11,30H2,(H2,31,40)(H,35,36)/t18-,20+/m1/s1. The van der Waals surface area contributed by atoms with Gasteiger partial charge in [-0.1, -0.05) is 18.9 Å². The van der Waals surface area contributed by atoms with E-state index in [-0.39, 0.29) is 23.1 Å². The van der Waals surface area contributed by atoms with Crippen LogP contribution in [0.3, 0.4) is 0 Å². The summed E-state index contributed by atoms with van der Waals surface area (Å²) in [4.78, 5) is 41.6. The number of rotatable bonds is 7. The van der Waals surface area contributed by atoms with Crippen LogP contribution in [0, 0.1) is 0 Å². The third-order valence-electron chi connectivity index (χ3n) is 8.11. The van der Waals surface area contributed by atoms with E-state index in [2.05, 4.69) is 20.3 Å². The van der Waals surface area contributed by atoms with Gasteiger partial charge in [0, 0.05) is 54.8 Å². The van der Waals surface area contributed by atoms with Gasteiger partial charge < -0.3 is 26.4 Å². The van der Waals surface area contributed by atoms with Gasteiger partial charge in [-0.2, -0.15) is 9.61 Å². The van der Waals surface area contributed by atoms with Crippen molar-refractivity contribution in [3.8, 4) is 11.3 Å². The minimum absolute atomic E-state index is 0.00174. The van der Waals surface area contributed by atoms with Crippen molar-refractivity contribution in [2.45, 2.75) is 44.2 Å². The molecular formula is C29H31N9O3S2. The smallest absolute Gasteiger partial charge is 0.254 e. The van der Waals surface area contributed by atoms with Gasteiger partial charge in [-0.15, -0.1) is 22.7 Å². The van der Waals surface area contributed by atoms with Crippen LogP contribution in [0.4, 0.5) is 10.9 Å². The second kappa shape index (κ2) is 11.6. The van der Waals surface area contributed by atoms with Crippen molar-refractivity contribution < 1.29 is 9.53 Å². The number of pyridine rings is 1. The molecule has 7 rings (SSSR count). The predicted molar refractivity (Wildman–Crippen MR) is 168 cm³/mol. The molecule has 0 unspecified atom stereocenters. The number of hydrogen-bond acceptors (Lipinski definition) is 12. The maximum Gasteiger partial charge on any atom is 0.254 e. The molecule has 12 nitrogen and oxygen atoms in total. The lowest BCUT2D eigenvalue weighted by Crippen LogP contribution is -2.43. The largest absolute Gasteiger partial charge is 0.378 e. The lowest BCUT2D eigenvalue weighted by molar-refractivity contribution is 0.1000. The molecule has 222 valence electrons. The first-order valence-corrected chi connectivity index (χ1v) is 16.0. The molecule has 0 radical (unpaired) electrons. The zero-order chi connectivity index (χ0) is 29.5. The highest BCUT2D eigenvalue weighted by atomic mass is 32.1. The SMILES string of the molecule is NC(=O)c1c(Cc2ccc(-c3csc4c(=O)cc(N5CCOCC5)sc34)nc2)nc(N[C@H]2CCCC[C@H]2N)n2ncnc12. The Labute approximate surface area is 254 Å². The topological polar surface area (TPSA) is 167 Å². The average Bonchev–Trinajstić information content (AvgIpc) is 3.67. The highest BCUT2D eigenvalue weighted by molar-refractivity contribution is 7.28. The quantitative estimate of drug-likeness (QED) is 0.247. The van der Waals surface area contributed by atoms with Gasteiger partial charge in [-0.3, -0.25) is 14.6 Å². The van der Waals surface area contributed by atoms with Crippen molar-refractivity contribution in [3.63, 3.8) is 0 Å². The van der Waals surface area contributed by atoms with Crippen LogP contribution >= 0.6 is 22.7 Å². The Hall–Kier alpha value is -3.98. The van der Waals surface area contributed by atoms with Crippen molar-refractivity contribution >= 4 is 54.6 Å². The van der Waals surface area contributed by atoms with Crippen LogP contribution in [-0.2, 0) is 11.2 Å². The van der Waals surface area contributed by atoms with Crippen LogP contribution in [-0.4, -0.2) is 68.9 Å². The van der Waals surface area contributed by atoms with Gasteiger partial charge in [0.15, 0.2) is 11.1 Å². The Morgan fingerprint density at radius 1 is 1.14 bits per heavy atom. The molecular weight excluding hydrogens is 587 g/mol. The first-order valence-electron chi connectivity index (χ1n) is 14.3. The van der Waals surface area contributed by atoms with Crippen LogP contribution in [0.1, 0.15) is 47.3 Å². The van der Waals surface area contributed by atoms with Gasteiger partial charge in [0.1, 0.15) is 11.9 Å². The Morgan fingerprint density at radius 3 is 2.74 bits per heavy atom. The van der Waals surface area contributed by atoms with Crippen molar-refractivity contribution in [1.82, 2.24) is 24.6 Å². The number of hydrogen-bond donors (Lipinski definition) is 3. The molecule has 0 aromatic carbocycles. The summed E-state index contributed by atoms with van der Waals surface area (Å²) in [6.07, 6.45) is 7.54. The lowest BCUT2D eigenvalue weighted by atomic mass is 9.91. The fourth-order valence-corrected chi connectivity index (χ4v) is 8.20. The van der Waals surface area contributed by atoms with Crippen LogP contribution in [0.15, 0.2) is 40.9 Å². The number of nitrogens with zero attached hydrogens (tertiary/aromatic N) is 6. The molecule has 43 heavy (non-hydrogen) atoms. The van der Waals surface area contributed by atoms with E-state index in [1.54, 1.807) is 23.6 Å². The summed E-state index contributed by atoms with van der Waals surface area (Å²) in [6, 6.07) is 5.68. The fourth-order valence-electron chi connectivity index (χ4n) is 5.83. The average molecular weight is 618 g/mol. The van der Waals surface area contributed by atoms with Gasteiger partial charge in [0.2, 0.25) is 5.95 Å². The van der Waals surface area contributed by atoms with Crippen LogP contribution < -0.4 is 27.1 Å². The number of carbonyl (C=O) groups excluding carboxylic acids is 1. The molecule has 1 saturated carbocycles. The molecule has 0 bridgehead atoms. The number of ether oxygens (including phenoxy) is 1. The molecule has 0 spiro atoms. The monoisotopic (exact) mass is 617 g/mol. The minimum Gasteiger partial charge on any atom is -0.378 e. The van der Waals surface area contributed by atoms with Crippen molar-refractivity contribution in [3.05, 3.63) is 63.1 Å². The maximum absolute atomic E-state index is 12.9. The third kappa shape index (κ3) is 5.35. The summed E-state index contributed by atoms with van der Waals surface area (Å²) in [6.45, 7) is 2.84. The van der Waals surface area contributed by atoms with E-state index in [1.807, 2.05) is 17.5 Å². The molecule has 2 atom stereocenters. The summed E-state index contributed by atoms with van der Waals surface area (Å²) < 4.78 is 8.67. The van der Waals surface area contributed by atoms with Gasteiger partial charge in [-0.25, -0.2) is 9.97 Å². The Kier molecular flexibility index (Phi) is 7.51. The second-order valence-corrected chi connectivity index (χ2v) is 12.8. The molecule has 1 amide bonds. The summed E-state index contributed by atoms with van der Waals surface area (Å²) in [7, 11) is 0. The molecule has 2 fully saturated rings. The maximum atomic E-state index is 12.9. The number of thiophene rings is 1. The van der Waals surface area contributed by atoms with Gasteiger partial charge in [-0.05, 0) is 24.5 Å². The number of anilines is 2. The lowest BCUT2D eigenvalue weighted by Gasteiger charge is -2.29. The number of primary amides is 1. The van der Waals surface area contributed by atoms with Crippen LogP contribution in [0.2, 0.25) is 0 Å². The molecule has 1 saturated heterocycles. The Balaban J connectivity index is 1.20. The Morgan fingerprint density at radius 2 is 1.98 bits per heavy atom. The fraction of sp³-hybridized carbons (Fsp3) is 0.379. The summed E-state index contributed by atoms with van der Waals surface area (Å²) in [5, 5.41) is 10.7. The molecule has 2 aliphatic rings. The zero-order valence-electron chi connectivity index (χ0n) is 23.4. The van der Waals surface area contributed by atoms with Crippen LogP contribution in [0.25, 0.3) is 26.3 Å². The number of nitrogens with one attached hydrogen (secondary N) is 1. The first-order chi connectivity index (χ1) is 21.0. The van der Waals surface area contributed by atoms with E-state index in [9.17, 15) is 9.59 Å². The second-order valence-electron chi connectivity index (χ2n) is 10.9. The summed E-state index contributed by atoms with van der Waals surface area (Å²) >= 11 is 3.06.